The lowest BCUT2D eigenvalue weighted by Gasteiger charge is -2.29. The fourth-order valence-electron chi connectivity index (χ4n) is 1.95. The molecule has 0 saturated carbocycles. The van der Waals surface area contributed by atoms with E-state index in [1.165, 1.54) is 0 Å². The molecule has 0 aliphatic carbocycles. The van der Waals surface area contributed by atoms with Crippen molar-refractivity contribution in [2.24, 2.45) is 11.3 Å². The normalized spacial score (nSPS) is 12.5. The molecule has 19 heavy (non-hydrogen) atoms. The molecule has 0 spiro atoms. The predicted octanol–water partition coefficient (Wildman–Crippen LogP) is 4.86. The Labute approximate surface area is 120 Å². The first kappa shape index (κ1) is 14.4. The average Bonchev–Trinajstić information content (AvgIpc) is 2.65. The summed E-state index contributed by atoms with van der Waals surface area (Å²) in [6.45, 7) is 10.8. The molecule has 104 valence electrons. The molecule has 0 atom stereocenters. The second kappa shape index (κ2) is 5.56. The number of nitrogens with one attached hydrogen (secondary N) is 1. The van der Waals surface area contributed by atoms with Crippen LogP contribution in [0.5, 0.6) is 0 Å². The molecule has 0 aliphatic rings. The van der Waals surface area contributed by atoms with Gasteiger partial charge in [-0.05, 0) is 29.0 Å². The maximum atomic E-state index is 6.17. The first-order valence-corrected chi connectivity index (χ1v) is 7.16. The molecule has 1 N–H and O–H groups in total. The van der Waals surface area contributed by atoms with Crippen LogP contribution in [0.2, 0.25) is 5.22 Å². The van der Waals surface area contributed by atoms with Gasteiger partial charge in [-0.1, -0.05) is 45.9 Å². The molecule has 0 bridgehead atoms. The summed E-state index contributed by atoms with van der Waals surface area (Å²) in [5.74, 6) is 0.636. The number of fused-ring (bicyclic) bond motifs is 1. The summed E-state index contributed by atoms with van der Waals surface area (Å²) in [4.78, 5) is 0. The van der Waals surface area contributed by atoms with Gasteiger partial charge in [-0.15, -0.1) is 0 Å². The van der Waals surface area contributed by atoms with Gasteiger partial charge in [0.1, 0.15) is 5.58 Å². The molecule has 2 nitrogen and oxygen atoms in total. The number of rotatable bonds is 5. The van der Waals surface area contributed by atoms with Crippen molar-refractivity contribution in [2.75, 3.05) is 6.54 Å². The fourth-order valence-corrected chi connectivity index (χ4v) is 2.20. The van der Waals surface area contributed by atoms with Crippen LogP contribution < -0.4 is 5.32 Å². The average molecular weight is 280 g/mol. The lowest BCUT2D eigenvalue weighted by atomic mass is 9.81. The Kier molecular flexibility index (Phi) is 4.22. The van der Waals surface area contributed by atoms with Gasteiger partial charge in [0, 0.05) is 24.0 Å². The molecule has 0 amide bonds. The molecule has 0 fully saturated rings. The Balaban J connectivity index is 2.08. The van der Waals surface area contributed by atoms with Gasteiger partial charge in [-0.3, -0.25) is 0 Å². The van der Waals surface area contributed by atoms with Gasteiger partial charge in [0.15, 0.2) is 5.22 Å². The molecule has 1 heterocycles. The summed E-state index contributed by atoms with van der Waals surface area (Å²) in [5.41, 5.74) is 2.18. The number of para-hydroxylation sites is 1. The van der Waals surface area contributed by atoms with E-state index in [-0.39, 0.29) is 5.41 Å². The Morgan fingerprint density at radius 1 is 1.26 bits per heavy atom. The summed E-state index contributed by atoms with van der Waals surface area (Å²) in [7, 11) is 0. The van der Waals surface area contributed by atoms with E-state index in [1.807, 2.05) is 18.2 Å². The minimum Gasteiger partial charge on any atom is -0.444 e. The van der Waals surface area contributed by atoms with Crippen molar-refractivity contribution in [1.29, 1.82) is 0 Å². The quantitative estimate of drug-likeness (QED) is 0.846. The minimum atomic E-state index is 0.270. The Morgan fingerprint density at radius 3 is 2.63 bits per heavy atom. The van der Waals surface area contributed by atoms with Gasteiger partial charge in [0.2, 0.25) is 0 Å². The summed E-state index contributed by atoms with van der Waals surface area (Å²) in [5, 5.41) is 5.09. The molecule has 1 aromatic heterocycles. The van der Waals surface area contributed by atoms with Gasteiger partial charge in [-0.2, -0.15) is 0 Å². The predicted molar refractivity (Wildman–Crippen MR) is 81.5 cm³/mol. The Hall–Kier alpha value is -0.990. The molecule has 1 aromatic carbocycles. The molecule has 0 unspecified atom stereocenters. The van der Waals surface area contributed by atoms with Crippen LogP contribution in [0.4, 0.5) is 0 Å². The van der Waals surface area contributed by atoms with E-state index < -0.39 is 0 Å². The highest BCUT2D eigenvalue weighted by Crippen LogP contribution is 2.30. The van der Waals surface area contributed by atoms with E-state index in [0.717, 1.165) is 29.6 Å². The third kappa shape index (κ3) is 3.13. The van der Waals surface area contributed by atoms with Gasteiger partial charge >= 0.3 is 0 Å². The zero-order valence-electron chi connectivity index (χ0n) is 12.1. The maximum absolute atomic E-state index is 6.17. The van der Waals surface area contributed by atoms with Crippen LogP contribution in [-0.4, -0.2) is 6.54 Å². The first-order chi connectivity index (χ1) is 8.92. The summed E-state index contributed by atoms with van der Waals surface area (Å²) < 4.78 is 5.55. The summed E-state index contributed by atoms with van der Waals surface area (Å²) in [6, 6.07) is 7.97. The highest BCUT2D eigenvalue weighted by Gasteiger charge is 2.22. The molecule has 0 saturated heterocycles. The zero-order valence-corrected chi connectivity index (χ0v) is 12.8. The van der Waals surface area contributed by atoms with Crippen molar-refractivity contribution in [3.63, 3.8) is 0 Å². The van der Waals surface area contributed by atoms with Crippen LogP contribution in [0.3, 0.4) is 0 Å². The maximum Gasteiger partial charge on any atom is 0.199 e. The van der Waals surface area contributed by atoms with Crippen LogP contribution in [0.15, 0.2) is 28.7 Å². The van der Waals surface area contributed by atoms with E-state index in [9.17, 15) is 0 Å². The Morgan fingerprint density at radius 2 is 1.95 bits per heavy atom. The molecule has 2 rings (SSSR count). The van der Waals surface area contributed by atoms with Crippen molar-refractivity contribution in [3.8, 4) is 0 Å². The summed E-state index contributed by atoms with van der Waals surface area (Å²) >= 11 is 6.17. The van der Waals surface area contributed by atoms with Crippen molar-refractivity contribution in [2.45, 2.75) is 34.2 Å². The van der Waals surface area contributed by atoms with Crippen LogP contribution in [0, 0.1) is 11.3 Å². The largest absolute Gasteiger partial charge is 0.444 e. The fraction of sp³-hybridized carbons (Fsp3) is 0.500. The molecular weight excluding hydrogens is 258 g/mol. The lowest BCUT2D eigenvalue weighted by molar-refractivity contribution is 0.238. The smallest absolute Gasteiger partial charge is 0.199 e. The lowest BCUT2D eigenvalue weighted by Crippen LogP contribution is -2.33. The minimum absolute atomic E-state index is 0.270. The van der Waals surface area contributed by atoms with E-state index in [0.29, 0.717) is 11.1 Å². The van der Waals surface area contributed by atoms with Gasteiger partial charge in [0.25, 0.3) is 0 Å². The second-order valence-corrected chi connectivity index (χ2v) is 6.44. The van der Waals surface area contributed by atoms with Crippen molar-refractivity contribution in [1.82, 2.24) is 5.32 Å². The van der Waals surface area contributed by atoms with Gasteiger partial charge in [0.05, 0.1) is 0 Å². The highest BCUT2D eigenvalue weighted by molar-refractivity contribution is 6.30. The molecular formula is C16H22ClNO. The van der Waals surface area contributed by atoms with Crippen molar-refractivity contribution < 1.29 is 4.42 Å². The molecule has 2 aromatic rings. The van der Waals surface area contributed by atoms with Crippen molar-refractivity contribution in [3.05, 3.63) is 35.0 Å². The van der Waals surface area contributed by atoms with Crippen LogP contribution >= 0.6 is 11.6 Å². The van der Waals surface area contributed by atoms with Crippen LogP contribution in [0.1, 0.15) is 33.3 Å². The van der Waals surface area contributed by atoms with E-state index in [2.05, 4.69) is 39.1 Å². The van der Waals surface area contributed by atoms with Gasteiger partial charge in [-0.25, -0.2) is 0 Å². The molecule has 0 aliphatic heterocycles. The SMILES string of the molecule is CC(C)C(C)(C)CNCc1c(Cl)oc2ccccc12. The topological polar surface area (TPSA) is 25.2 Å². The number of hydrogen-bond donors (Lipinski definition) is 1. The number of furan rings is 1. The molecule has 3 heteroatoms. The third-order valence-electron chi connectivity index (χ3n) is 4.09. The zero-order chi connectivity index (χ0) is 14.0. The summed E-state index contributed by atoms with van der Waals surface area (Å²) in [6.07, 6.45) is 0. The standard InChI is InChI=1S/C16H22ClNO/c1-11(2)16(3,4)10-18-9-13-12-7-5-6-8-14(12)19-15(13)17/h5-8,11,18H,9-10H2,1-4H3. The first-order valence-electron chi connectivity index (χ1n) is 6.78. The Bertz CT molecular complexity index is 557. The monoisotopic (exact) mass is 279 g/mol. The van der Waals surface area contributed by atoms with Crippen molar-refractivity contribution >= 4 is 22.6 Å². The molecule has 0 radical (unpaired) electrons. The van der Waals surface area contributed by atoms with E-state index in [4.69, 9.17) is 16.0 Å². The second-order valence-electron chi connectivity index (χ2n) is 6.10. The number of halogens is 1. The number of benzene rings is 1. The number of hydrogen-bond acceptors (Lipinski definition) is 2. The van der Waals surface area contributed by atoms with E-state index >= 15 is 0 Å². The highest BCUT2D eigenvalue weighted by atomic mass is 35.5. The van der Waals surface area contributed by atoms with Crippen LogP contribution in [0.25, 0.3) is 11.0 Å². The van der Waals surface area contributed by atoms with Crippen LogP contribution in [-0.2, 0) is 6.54 Å². The van der Waals surface area contributed by atoms with E-state index in [1.54, 1.807) is 0 Å². The third-order valence-corrected chi connectivity index (χ3v) is 4.40. The van der Waals surface area contributed by atoms with Gasteiger partial charge < -0.3 is 9.73 Å².